The van der Waals surface area contributed by atoms with Crippen molar-refractivity contribution in [2.75, 3.05) is 6.26 Å². The molecule has 0 saturated carbocycles. The molecule has 2 atom stereocenters. The summed E-state index contributed by atoms with van der Waals surface area (Å²) in [6.07, 6.45) is 1.53. The fraction of sp³-hybridized carbons (Fsp3) is 0.500. The number of sulfonamides is 1. The molecule has 0 bridgehead atoms. The third-order valence-electron chi connectivity index (χ3n) is 3.47. The summed E-state index contributed by atoms with van der Waals surface area (Å²) in [6.45, 7) is 3.41. The Hall–Kier alpha value is -1.45. The van der Waals surface area contributed by atoms with E-state index in [0.717, 1.165) is 6.26 Å². The van der Waals surface area contributed by atoms with E-state index >= 15 is 0 Å². The van der Waals surface area contributed by atoms with Gasteiger partial charge in [-0.2, -0.15) is 0 Å². The van der Waals surface area contributed by atoms with E-state index in [1.165, 1.54) is 24.3 Å². The second-order valence-electron chi connectivity index (χ2n) is 5.50. The molecule has 0 heterocycles. The Morgan fingerprint density at radius 1 is 1.26 bits per heavy atom. The summed E-state index contributed by atoms with van der Waals surface area (Å²) >= 11 is 0. The normalized spacial score (nSPS) is 15.1. The summed E-state index contributed by atoms with van der Waals surface area (Å²) in [4.78, 5) is 11.2. The molecule has 1 aromatic carbocycles. The molecule has 0 aromatic heterocycles. The van der Waals surface area contributed by atoms with Crippen LogP contribution in [0.15, 0.2) is 29.2 Å². The first-order valence-corrected chi connectivity index (χ1v) is 10.5. The van der Waals surface area contributed by atoms with E-state index in [4.69, 9.17) is 5.11 Å². The SMILES string of the molecule is CC[C@H](C)[C@H](NS(=O)(=O)Cc1cccc(S(C)(=O)=O)c1)C(=O)O. The van der Waals surface area contributed by atoms with Crippen LogP contribution in [0, 0.1) is 5.92 Å². The van der Waals surface area contributed by atoms with Crippen molar-refractivity contribution in [1.29, 1.82) is 0 Å². The number of aliphatic carboxylic acids is 1. The highest BCUT2D eigenvalue weighted by atomic mass is 32.2. The van der Waals surface area contributed by atoms with Gasteiger partial charge in [0.05, 0.1) is 10.6 Å². The van der Waals surface area contributed by atoms with Gasteiger partial charge in [-0.05, 0) is 23.6 Å². The Morgan fingerprint density at radius 3 is 2.35 bits per heavy atom. The fourth-order valence-electron chi connectivity index (χ4n) is 1.97. The second-order valence-corrected chi connectivity index (χ2v) is 9.27. The summed E-state index contributed by atoms with van der Waals surface area (Å²) in [5, 5.41) is 9.15. The number of carbonyl (C=O) groups is 1. The van der Waals surface area contributed by atoms with Crippen molar-refractivity contribution in [3.63, 3.8) is 0 Å². The van der Waals surface area contributed by atoms with E-state index in [0.29, 0.717) is 6.42 Å². The van der Waals surface area contributed by atoms with Crippen LogP contribution in [0.2, 0.25) is 0 Å². The van der Waals surface area contributed by atoms with Gasteiger partial charge >= 0.3 is 5.97 Å². The molecule has 0 aliphatic carbocycles. The van der Waals surface area contributed by atoms with Gasteiger partial charge in [-0.3, -0.25) is 4.79 Å². The van der Waals surface area contributed by atoms with Gasteiger partial charge in [0.1, 0.15) is 6.04 Å². The molecule has 7 nitrogen and oxygen atoms in total. The highest BCUT2D eigenvalue weighted by Gasteiger charge is 2.28. The Kier molecular flexibility index (Phi) is 6.32. The standard InChI is InChI=1S/C14H21NO6S2/c1-4-10(2)13(14(16)17)15-23(20,21)9-11-6-5-7-12(8-11)22(3,18)19/h5-8,10,13,15H,4,9H2,1-3H3,(H,16,17)/t10-,13-/m0/s1. The third kappa shape index (κ3) is 5.92. The molecule has 130 valence electrons. The number of nitrogens with one attached hydrogen (secondary N) is 1. The first kappa shape index (κ1) is 19.6. The number of hydrogen-bond donors (Lipinski definition) is 2. The Balaban J connectivity index is 3.01. The average Bonchev–Trinajstić information content (AvgIpc) is 2.42. The molecule has 9 heteroatoms. The van der Waals surface area contributed by atoms with Crippen LogP contribution in [0.1, 0.15) is 25.8 Å². The lowest BCUT2D eigenvalue weighted by molar-refractivity contribution is -0.140. The zero-order chi connectivity index (χ0) is 17.8. The molecule has 0 aliphatic heterocycles. The van der Waals surface area contributed by atoms with Gasteiger partial charge in [0, 0.05) is 6.26 Å². The minimum Gasteiger partial charge on any atom is -0.480 e. The van der Waals surface area contributed by atoms with Gasteiger partial charge in [-0.1, -0.05) is 32.4 Å². The zero-order valence-electron chi connectivity index (χ0n) is 13.2. The van der Waals surface area contributed by atoms with E-state index in [-0.39, 0.29) is 16.4 Å². The smallest absolute Gasteiger partial charge is 0.322 e. The first-order valence-electron chi connectivity index (χ1n) is 6.98. The number of benzene rings is 1. The number of hydrogen-bond acceptors (Lipinski definition) is 5. The lowest BCUT2D eigenvalue weighted by Gasteiger charge is -2.20. The number of carboxylic acid groups (broad SMARTS) is 1. The Bertz CT molecular complexity index is 770. The van der Waals surface area contributed by atoms with Crippen molar-refractivity contribution in [1.82, 2.24) is 4.72 Å². The van der Waals surface area contributed by atoms with Gasteiger partial charge < -0.3 is 5.11 Å². The highest BCUT2D eigenvalue weighted by molar-refractivity contribution is 7.90. The van der Waals surface area contributed by atoms with E-state index in [1.54, 1.807) is 13.8 Å². The van der Waals surface area contributed by atoms with Crippen molar-refractivity contribution in [3.8, 4) is 0 Å². The van der Waals surface area contributed by atoms with Crippen LogP contribution in [0.25, 0.3) is 0 Å². The molecule has 1 aromatic rings. The number of sulfone groups is 1. The molecule has 2 N–H and O–H groups in total. The lowest BCUT2D eigenvalue weighted by Crippen LogP contribution is -2.45. The lowest BCUT2D eigenvalue weighted by atomic mass is 10.0. The molecule has 0 amide bonds. The maximum Gasteiger partial charge on any atom is 0.322 e. The van der Waals surface area contributed by atoms with E-state index in [2.05, 4.69) is 4.72 Å². The number of carboxylic acids is 1. The molecule has 0 spiro atoms. The summed E-state index contributed by atoms with van der Waals surface area (Å²) in [5.41, 5.74) is 0.272. The van der Waals surface area contributed by atoms with Crippen molar-refractivity contribution >= 4 is 25.8 Å². The van der Waals surface area contributed by atoms with Gasteiger partial charge in [0.25, 0.3) is 0 Å². The molecular weight excluding hydrogens is 342 g/mol. The van der Waals surface area contributed by atoms with E-state index < -0.39 is 37.6 Å². The second kappa shape index (κ2) is 7.41. The van der Waals surface area contributed by atoms with Crippen LogP contribution >= 0.6 is 0 Å². The molecule has 0 unspecified atom stereocenters. The van der Waals surface area contributed by atoms with Crippen molar-refractivity contribution < 1.29 is 26.7 Å². The van der Waals surface area contributed by atoms with Crippen LogP contribution in [0.4, 0.5) is 0 Å². The van der Waals surface area contributed by atoms with Gasteiger partial charge in [0.15, 0.2) is 9.84 Å². The van der Waals surface area contributed by atoms with E-state index in [1.807, 2.05) is 0 Å². The van der Waals surface area contributed by atoms with Crippen LogP contribution in [-0.4, -0.2) is 40.2 Å². The summed E-state index contributed by atoms with van der Waals surface area (Å²) in [7, 11) is -7.37. The minimum absolute atomic E-state index is 0.0157. The van der Waals surface area contributed by atoms with E-state index in [9.17, 15) is 21.6 Å². The van der Waals surface area contributed by atoms with Crippen molar-refractivity contribution in [3.05, 3.63) is 29.8 Å². The molecule has 1 rings (SSSR count). The largest absolute Gasteiger partial charge is 0.480 e. The predicted octanol–water partition coefficient (Wildman–Crippen LogP) is 1.01. The predicted molar refractivity (Wildman–Crippen MR) is 86.2 cm³/mol. The molecule has 0 aliphatic rings. The maximum atomic E-state index is 12.2. The Labute approximate surface area is 136 Å². The van der Waals surface area contributed by atoms with Crippen LogP contribution in [-0.2, 0) is 30.4 Å². The quantitative estimate of drug-likeness (QED) is 0.712. The van der Waals surface area contributed by atoms with Crippen molar-refractivity contribution in [2.45, 2.75) is 37.0 Å². The van der Waals surface area contributed by atoms with Crippen LogP contribution < -0.4 is 4.72 Å². The average molecular weight is 363 g/mol. The fourth-order valence-corrected chi connectivity index (χ4v) is 4.08. The molecule has 23 heavy (non-hydrogen) atoms. The maximum absolute atomic E-state index is 12.2. The zero-order valence-corrected chi connectivity index (χ0v) is 14.8. The molecule has 0 radical (unpaired) electrons. The van der Waals surface area contributed by atoms with Gasteiger partial charge in [-0.15, -0.1) is 0 Å². The summed E-state index contributed by atoms with van der Waals surface area (Å²) < 4.78 is 49.5. The third-order valence-corrected chi connectivity index (χ3v) is 5.91. The van der Waals surface area contributed by atoms with Crippen LogP contribution in [0.3, 0.4) is 0 Å². The van der Waals surface area contributed by atoms with Gasteiger partial charge in [0.2, 0.25) is 10.0 Å². The monoisotopic (exact) mass is 363 g/mol. The Morgan fingerprint density at radius 2 is 1.87 bits per heavy atom. The topological polar surface area (TPSA) is 118 Å². The summed E-state index contributed by atoms with van der Waals surface area (Å²) in [5.74, 6) is -2.10. The number of rotatable bonds is 8. The van der Waals surface area contributed by atoms with Gasteiger partial charge in [-0.25, -0.2) is 21.6 Å². The highest BCUT2D eigenvalue weighted by Crippen LogP contribution is 2.15. The first-order chi connectivity index (χ1) is 10.5. The summed E-state index contributed by atoms with van der Waals surface area (Å²) in [6, 6.07) is 4.35. The minimum atomic E-state index is -3.92. The van der Waals surface area contributed by atoms with Crippen LogP contribution in [0.5, 0.6) is 0 Å². The molecular formula is C14H21NO6S2. The molecule has 0 fully saturated rings. The van der Waals surface area contributed by atoms with Crippen molar-refractivity contribution in [2.24, 2.45) is 5.92 Å². The molecule has 0 saturated heterocycles.